The molecule has 1 aliphatic rings. The minimum atomic E-state index is -0.462. The summed E-state index contributed by atoms with van der Waals surface area (Å²) in [7, 11) is 1.60. The third kappa shape index (κ3) is 4.17. The van der Waals surface area contributed by atoms with Crippen molar-refractivity contribution >= 4 is 11.5 Å². The van der Waals surface area contributed by atoms with Gasteiger partial charge in [-0.2, -0.15) is 4.98 Å². The van der Waals surface area contributed by atoms with Crippen molar-refractivity contribution < 1.29 is 14.4 Å². The fraction of sp³-hybridized carbons (Fsp3) is 0.273. The van der Waals surface area contributed by atoms with Gasteiger partial charge in [0.2, 0.25) is 5.82 Å². The second kappa shape index (κ2) is 8.77. The molecule has 0 saturated carbocycles. The molecule has 3 aromatic rings. The molecule has 2 aromatic carbocycles. The number of nitrogens with zero attached hydrogens (tertiary/aromatic N) is 4. The Kier molecular flexibility index (Phi) is 5.74. The number of aromatic nitrogens is 2. The standard InChI is InChI=1S/C22H22N4O4/c1-29-19-8-6-16(7-9-19)14-30-22-20(26(27)28)21(23-15-24-22)25-12-10-17-4-2-3-5-18(17)11-13-25/h2-9,15H,10-14H2,1H3. The van der Waals surface area contributed by atoms with Crippen LogP contribution in [0.25, 0.3) is 0 Å². The third-order valence-corrected chi connectivity index (χ3v) is 5.21. The molecule has 0 saturated heterocycles. The lowest BCUT2D eigenvalue weighted by Crippen LogP contribution is -2.28. The summed E-state index contributed by atoms with van der Waals surface area (Å²) < 4.78 is 10.9. The smallest absolute Gasteiger partial charge is 0.372 e. The quantitative estimate of drug-likeness (QED) is 0.456. The van der Waals surface area contributed by atoms with E-state index in [0.29, 0.717) is 18.9 Å². The predicted octanol–water partition coefficient (Wildman–Crippen LogP) is 3.58. The van der Waals surface area contributed by atoms with Gasteiger partial charge in [0, 0.05) is 13.1 Å². The molecule has 0 bridgehead atoms. The zero-order valence-electron chi connectivity index (χ0n) is 16.7. The summed E-state index contributed by atoms with van der Waals surface area (Å²) in [6.07, 6.45) is 2.93. The average molecular weight is 406 g/mol. The summed E-state index contributed by atoms with van der Waals surface area (Å²) in [5.41, 5.74) is 3.20. The molecule has 8 nitrogen and oxygen atoms in total. The first-order valence-corrected chi connectivity index (χ1v) is 9.72. The van der Waals surface area contributed by atoms with Crippen molar-refractivity contribution in [3.8, 4) is 11.6 Å². The third-order valence-electron chi connectivity index (χ3n) is 5.21. The van der Waals surface area contributed by atoms with Gasteiger partial charge in [-0.15, -0.1) is 0 Å². The van der Waals surface area contributed by atoms with Gasteiger partial charge in [-0.05, 0) is 41.7 Å². The zero-order valence-corrected chi connectivity index (χ0v) is 16.7. The monoisotopic (exact) mass is 406 g/mol. The first-order chi connectivity index (χ1) is 14.7. The molecule has 0 unspecified atom stereocenters. The number of ether oxygens (including phenoxy) is 2. The first-order valence-electron chi connectivity index (χ1n) is 9.72. The number of anilines is 1. The van der Waals surface area contributed by atoms with Gasteiger partial charge < -0.3 is 14.4 Å². The van der Waals surface area contributed by atoms with Crippen LogP contribution in [0.15, 0.2) is 54.9 Å². The molecule has 0 radical (unpaired) electrons. The minimum Gasteiger partial charge on any atom is -0.497 e. The molecular formula is C22H22N4O4. The number of benzene rings is 2. The molecule has 2 heterocycles. The molecule has 1 aliphatic heterocycles. The van der Waals surface area contributed by atoms with E-state index in [1.54, 1.807) is 7.11 Å². The highest BCUT2D eigenvalue weighted by Crippen LogP contribution is 2.35. The molecular weight excluding hydrogens is 384 g/mol. The summed E-state index contributed by atoms with van der Waals surface area (Å²) >= 11 is 0. The second-order valence-electron chi connectivity index (χ2n) is 7.00. The van der Waals surface area contributed by atoms with Crippen LogP contribution in [0.4, 0.5) is 11.5 Å². The van der Waals surface area contributed by atoms with E-state index >= 15 is 0 Å². The van der Waals surface area contributed by atoms with Gasteiger partial charge in [0.05, 0.1) is 12.0 Å². The Morgan fingerprint density at radius 3 is 2.30 bits per heavy atom. The topological polar surface area (TPSA) is 90.6 Å². The van der Waals surface area contributed by atoms with Crippen LogP contribution in [0.3, 0.4) is 0 Å². The first kappa shape index (κ1) is 19.6. The van der Waals surface area contributed by atoms with Gasteiger partial charge in [0.15, 0.2) is 0 Å². The van der Waals surface area contributed by atoms with Crippen LogP contribution in [-0.4, -0.2) is 35.1 Å². The lowest BCUT2D eigenvalue weighted by molar-refractivity contribution is -0.385. The van der Waals surface area contributed by atoms with Crippen LogP contribution in [0.2, 0.25) is 0 Å². The lowest BCUT2D eigenvalue weighted by atomic mass is 10.0. The maximum Gasteiger partial charge on any atom is 0.372 e. The van der Waals surface area contributed by atoms with Crippen molar-refractivity contribution in [1.82, 2.24) is 9.97 Å². The van der Waals surface area contributed by atoms with Crippen LogP contribution in [0.5, 0.6) is 11.6 Å². The van der Waals surface area contributed by atoms with Crippen molar-refractivity contribution in [3.05, 3.63) is 81.7 Å². The summed E-state index contributed by atoms with van der Waals surface area (Å²) in [5.74, 6) is 1.01. The number of hydrogen-bond donors (Lipinski definition) is 0. The molecule has 4 rings (SSSR count). The summed E-state index contributed by atoms with van der Waals surface area (Å²) in [4.78, 5) is 21.7. The Hall–Kier alpha value is -3.68. The minimum absolute atomic E-state index is 0.0254. The van der Waals surface area contributed by atoms with Crippen LogP contribution in [0, 0.1) is 10.1 Å². The van der Waals surface area contributed by atoms with Crippen molar-refractivity contribution in [3.63, 3.8) is 0 Å². The van der Waals surface area contributed by atoms with Gasteiger partial charge in [-0.3, -0.25) is 10.1 Å². The highest BCUT2D eigenvalue weighted by molar-refractivity contribution is 5.63. The highest BCUT2D eigenvalue weighted by atomic mass is 16.6. The Morgan fingerprint density at radius 1 is 1.03 bits per heavy atom. The molecule has 0 spiro atoms. The van der Waals surface area contributed by atoms with Crippen LogP contribution < -0.4 is 14.4 Å². The maximum atomic E-state index is 11.9. The van der Waals surface area contributed by atoms with E-state index < -0.39 is 4.92 Å². The Labute approximate surface area is 174 Å². The van der Waals surface area contributed by atoms with E-state index in [1.807, 2.05) is 41.3 Å². The summed E-state index contributed by atoms with van der Waals surface area (Å²) in [6.45, 7) is 1.45. The second-order valence-corrected chi connectivity index (χ2v) is 7.00. The highest BCUT2D eigenvalue weighted by Gasteiger charge is 2.29. The molecule has 0 N–H and O–H groups in total. The van der Waals surface area contributed by atoms with E-state index in [9.17, 15) is 10.1 Å². The van der Waals surface area contributed by atoms with E-state index in [0.717, 1.165) is 24.2 Å². The normalized spacial score (nSPS) is 13.3. The molecule has 30 heavy (non-hydrogen) atoms. The van der Waals surface area contributed by atoms with E-state index in [-0.39, 0.29) is 18.2 Å². The predicted molar refractivity (Wildman–Crippen MR) is 112 cm³/mol. The van der Waals surface area contributed by atoms with Gasteiger partial charge in [-0.1, -0.05) is 36.4 Å². The number of rotatable bonds is 6. The van der Waals surface area contributed by atoms with Gasteiger partial charge in [0.1, 0.15) is 18.7 Å². The van der Waals surface area contributed by atoms with Crippen LogP contribution in [-0.2, 0) is 19.4 Å². The summed E-state index contributed by atoms with van der Waals surface area (Å²) in [5, 5.41) is 11.9. The van der Waals surface area contributed by atoms with E-state index in [2.05, 4.69) is 22.1 Å². The molecule has 0 atom stereocenters. The number of fused-ring (bicyclic) bond motifs is 1. The molecule has 8 heteroatoms. The van der Waals surface area contributed by atoms with Crippen molar-refractivity contribution in [1.29, 1.82) is 0 Å². The molecule has 154 valence electrons. The fourth-order valence-electron chi connectivity index (χ4n) is 3.60. The summed E-state index contributed by atoms with van der Waals surface area (Å²) in [6, 6.07) is 15.6. The SMILES string of the molecule is COc1ccc(COc2ncnc(N3CCc4ccccc4CC3)c2[N+](=O)[O-])cc1. The Morgan fingerprint density at radius 2 is 1.70 bits per heavy atom. The molecule has 1 aromatic heterocycles. The van der Waals surface area contributed by atoms with Gasteiger partial charge >= 0.3 is 5.69 Å². The van der Waals surface area contributed by atoms with E-state index in [1.165, 1.54) is 17.5 Å². The molecule has 0 aliphatic carbocycles. The van der Waals surface area contributed by atoms with E-state index in [4.69, 9.17) is 9.47 Å². The van der Waals surface area contributed by atoms with Crippen molar-refractivity contribution in [2.75, 3.05) is 25.1 Å². The van der Waals surface area contributed by atoms with Gasteiger partial charge in [0.25, 0.3) is 5.88 Å². The van der Waals surface area contributed by atoms with Gasteiger partial charge in [-0.25, -0.2) is 4.98 Å². The average Bonchev–Trinajstić information content (AvgIpc) is 3.00. The largest absolute Gasteiger partial charge is 0.497 e. The lowest BCUT2D eigenvalue weighted by Gasteiger charge is -2.21. The van der Waals surface area contributed by atoms with Crippen molar-refractivity contribution in [2.45, 2.75) is 19.4 Å². The number of methoxy groups -OCH3 is 1. The maximum absolute atomic E-state index is 11.9. The Balaban J connectivity index is 1.56. The van der Waals surface area contributed by atoms with Crippen molar-refractivity contribution in [2.24, 2.45) is 0 Å². The zero-order chi connectivity index (χ0) is 20.9. The van der Waals surface area contributed by atoms with Crippen LogP contribution >= 0.6 is 0 Å². The number of hydrogen-bond acceptors (Lipinski definition) is 7. The fourth-order valence-corrected chi connectivity index (χ4v) is 3.60. The molecule has 0 amide bonds. The molecule has 0 fully saturated rings. The van der Waals surface area contributed by atoms with Crippen LogP contribution in [0.1, 0.15) is 16.7 Å². The number of nitro groups is 1. The Bertz CT molecular complexity index is 1010.